The maximum atomic E-state index is 14.6. The summed E-state index contributed by atoms with van der Waals surface area (Å²) < 4.78 is 39.6. The summed E-state index contributed by atoms with van der Waals surface area (Å²) in [6.07, 6.45) is 0. The third-order valence-corrected chi connectivity index (χ3v) is 7.76. The first-order valence-corrected chi connectivity index (χ1v) is 12.8. The van der Waals surface area contributed by atoms with Crippen molar-refractivity contribution in [2.75, 3.05) is 30.3 Å². The third-order valence-electron chi connectivity index (χ3n) is 5.42. The first-order valence-electron chi connectivity index (χ1n) is 9.97. The fourth-order valence-electron chi connectivity index (χ4n) is 3.52. The largest absolute Gasteiger partial charge is 0.369 e. The number of nitrogens with zero attached hydrogens (tertiary/aromatic N) is 2. The maximum Gasteiger partial charge on any atom is 0.267 e. The molecule has 1 aliphatic rings. The lowest BCUT2D eigenvalue weighted by molar-refractivity contribution is 0.0977. The van der Waals surface area contributed by atoms with E-state index >= 15 is 0 Å². The molecular formula is C21H23Cl3FN3O3S. The molecule has 0 spiro atoms. The molecule has 1 aliphatic heterocycles. The molecule has 0 unspecified atom stereocenters. The molecule has 11 heteroatoms. The number of halogens is 4. The average molecular weight is 523 g/mol. The van der Waals surface area contributed by atoms with Crippen molar-refractivity contribution >= 4 is 56.4 Å². The van der Waals surface area contributed by atoms with E-state index in [0.29, 0.717) is 28.7 Å². The van der Waals surface area contributed by atoms with Crippen molar-refractivity contribution in [2.45, 2.75) is 26.4 Å². The normalized spacial score (nSPS) is 17.4. The van der Waals surface area contributed by atoms with Crippen molar-refractivity contribution in [1.82, 2.24) is 9.62 Å². The van der Waals surface area contributed by atoms with Gasteiger partial charge < -0.3 is 4.90 Å². The van der Waals surface area contributed by atoms with Crippen LogP contribution in [-0.4, -0.2) is 50.7 Å². The van der Waals surface area contributed by atoms with Gasteiger partial charge in [0.05, 0.1) is 21.4 Å². The molecule has 1 fully saturated rings. The molecule has 1 heterocycles. The number of piperazine rings is 1. The van der Waals surface area contributed by atoms with Gasteiger partial charge in [0.15, 0.2) is 0 Å². The second-order valence-electron chi connectivity index (χ2n) is 7.62. The Morgan fingerprint density at radius 3 is 2.47 bits per heavy atom. The van der Waals surface area contributed by atoms with Crippen LogP contribution in [0.1, 0.15) is 29.8 Å². The predicted octanol–water partition coefficient (Wildman–Crippen LogP) is 4.58. The standard InChI is InChI=1S/C21H23Cl3FN3O3S/c1-3-32(30,31)26-21(29)16-10-18(23)14(8-20(16)25)12-27-6-7-28(11-13(27)2)15-4-5-17(22)19(24)9-15/h4-5,8-10,13H,3,6-7,11-12H2,1-2H3,(H,26,29)/t13-/m1/s1. The summed E-state index contributed by atoms with van der Waals surface area (Å²) >= 11 is 18.5. The Morgan fingerprint density at radius 1 is 1.12 bits per heavy atom. The number of carbonyl (C=O) groups is 1. The highest BCUT2D eigenvalue weighted by Crippen LogP contribution is 2.29. The summed E-state index contributed by atoms with van der Waals surface area (Å²) in [7, 11) is -3.81. The van der Waals surface area contributed by atoms with Gasteiger partial charge in [0.1, 0.15) is 5.82 Å². The van der Waals surface area contributed by atoms with Crippen molar-refractivity contribution in [3.63, 3.8) is 0 Å². The molecule has 2 aromatic rings. The van der Waals surface area contributed by atoms with E-state index in [0.717, 1.165) is 18.8 Å². The van der Waals surface area contributed by atoms with Crippen LogP contribution in [0.4, 0.5) is 10.1 Å². The van der Waals surface area contributed by atoms with Crippen LogP contribution in [0.3, 0.4) is 0 Å². The van der Waals surface area contributed by atoms with Crippen LogP contribution >= 0.6 is 34.8 Å². The minimum Gasteiger partial charge on any atom is -0.369 e. The quantitative estimate of drug-likeness (QED) is 0.602. The topological polar surface area (TPSA) is 69.7 Å². The van der Waals surface area contributed by atoms with Crippen molar-refractivity contribution in [3.05, 3.63) is 62.3 Å². The van der Waals surface area contributed by atoms with E-state index in [4.69, 9.17) is 34.8 Å². The number of sulfonamides is 1. The lowest BCUT2D eigenvalue weighted by Gasteiger charge is -2.41. The van der Waals surface area contributed by atoms with Gasteiger partial charge in [-0.2, -0.15) is 0 Å². The summed E-state index contributed by atoms with van der Waals surface area (Å²) in [5.41, 5.74) is 1.09. The molecule has 0 aromatic heterocycles. The Morgan fingerprint density at radius 2 is 1.84 bits per heavy atom. The molecule has 32 heavy (non-hydrogen) atoms. The van der Waals surface area contributed by atoms with Gasteiger partial charge in [0, 0.05) is 42.9 Å². The van der Waals surface area contributed by atoms with Gasteiger partial charge in [-0.1, -0.05) is 34.8 Å². The van der Waals surface area contributed by atoms with Gasteiger partial charge in [-0.05, 0) is 49.7 Å². The Labute approximate surface area is 202 Å². The van der Waals surface area contributed by atoms with Crippen molar-refractivity contribution in [3.8, 4) is 0 Å². The Kier molecular flexibility index (Phi) is 7.93. The minimum atomic E-state index is -3.81. The van der Waals surface area contributed by atoms with Crippen LogP contribution in [0, 0.1) is 5.82 Å². The fourth-order valence-corrected chi connectivity index (χ4v) is 4.57. The molecule has 0 aliphatic carbocycles. The van der Waals surface area contributed by atoms with Gasteiger partial charge >= 0.3 is 0 Å². The monoisotopic (exact) mass is 521 g/mol. The van der Waals surface area contributed by atoms with Crippen LogP contribution in [0.15, 0.2) is 30.3 Å². The van der Waals surface area contributed by atoms with Gasteiger partial charge in [0.2, 0.25) is 10.0 Å². The van der Waals surface area contributed by atoms with E-state index in [1.807, 2.05) is 16.9 Å². The fraction of sp³-hybridized carbons (Fsp3) is 0.381. The molecular weight excluding hydrogens is 500 g/mol. The van der Waals surface area contributed by atoms with E-state index in [9.17, 15) is 17.6 Å². The lowest BCUT2D eigenvalue weighted by Crippen LogP contribution is -2.51. The zero-order valence-electron chi connectivity index (χ0n) is 17.5. The van der Waals surface area contributed by atoms with Crippen molar-refractivity contribution < 1.29 is 17.6 Å². The van der Waals surface area contributed by atoms with Crippen LogP contribution in [0.25, 0.3) is 0 Å². The predicted molar refractivity (Wildman–Crippen MR) is 127 cm³/mol. The lowest BCUT2D eigenvalue weighted by atomic mass is 10.1. The van der Waals surface area contributed by atoms with Crippen LogP contribution in [0.2, 0.25) is 15.1 Å². The number of nitrogens with one attached hydrogen (secondary N) is 1. The van der Waals surface area contributed by atoms with Crippen LogP contribution in [-0.2, 0) is 16.6 Å². The zero-order chi connectivity index (χ0) is 23.6. The SMILES string of the molecule is CCS(=O)(=O)NC(=O)c1cc(Cl)c(CN2CCN(c3ccc(Cl)c(Cl)c3)C[C@H]2C)cc1F. The summed E-state index contributed by atoms with van der Waals surface area (Å²) in [6, 6.07) is 8.02. The van der Waals surface area contributed by atoms with E-state index in [2.05, 4.69) is 16.7 Å². The zero-order valence-corrected chi connectivity index (χ0v) is 20.6. The molecule has 3 rings (SSSR count). The molecule has 0 saturated carbocycles. The Bertz CT molecular complexity index is 1130. The van der Waals surface area contributed by atoms with Crippen molar-refractivity contribution in [1.29, 1.82) is 0 Å². The van der Waals surface area contributed by atoms with Gasteiger partial charge in [-0.15, -0.1) is 0 Å². The molecule has 1 amide bonds. The Balaban J connectivity index is 1.70. The molecule has 174 valence electrons. The smallest absolute Gasteiger partial charge is 0.267 e. The second kappa shape index (κ2) is 10.1. The minimum absolute atomic E-state index is 0.134. The molecule has 1 N–H and O–H groups in total. The number of carbonyl (C=O) groups excluding carboxylic acids is 1. The van der Waals surface area contributed by atoms with Gasteiger partial charge in [-0.3, -0.25) is 9.69 Å². The number of benzene rings is 2. The van der Waals surface area contributed by atoms with E-state index in [1.54, 1.807) is 6.07 Å². The van der Waals surface area contributed by atoms with E-state index < -0.39 is 27.3 Å². The first kappa shape index (κ1) is 25.1. The molecule has 1 atom stereocenters. The molecule has 6 nitrogen and oxygen atoms in total. The summed E-state index contributed by atoms with van der Waals surface area (Å²) in [6.45, 7) is 6.00. The second-order valence-corrected chi connectivity index (χ2v) is 10.9. The average Bonchev–Trinajstić information content (AvgIpc) is 2.73. The number of rotatable bonds is 6. The van der Waals surface area contributed by atoms with Crippen molar-refractivity contribution in [2.24, 2.45) is 0 Å². The highest BCUT2D eigenvalue weighted by atomic mass is 35.5. The summed E-state index contributed by atoms with van der Waals surface area (Å²) in [5, 5.41) is 1.20. The van der Waals surface area contributed by atoms with E-state index in [-0.39, 0.29) is 16.8 Å². The first-order chi connectivity index (χ1) is 15.0. The summed E-state index contributed by atoms with van der Waals surface area (Å²) in [5.74, 6) is -2.16. The third kappa shape index (κ3) is 5.85. The van der Waals surface area contributed by atoms with Crippen LogP contribution in [0.5, 0.6) is 0 Å². The molecule has 1 saturated heterocycles. The Hall–Kier alpha value is -1.58. The number of hydrogen-bond acceptors (Lipinski definition) is 5. The molecule has 0 bridgehead atoms. The van der Waals surface area contributed by atoms with Gasteiger partial charge in [0.25, 0.3) is 5.91 Å². The number of hydrogen-bond donors (Lipinski definition) is 1. The number of anilines is 1. The highest BCUT2D eigenvalue weighted by molar-refractivity contribution is 7.90. The van der Waals surface area contributed by atoms with E-state index in [1.165, 1.54) is 19.1 Å². The number of amides is 1. The van der Waals surface area contributed by atoms with Crippen LogP contribution < -0.4 is 9.62 Å². The van der Waals surface area contributed by atoms with Gasteiger partial charge in [-0.25, -0.2) is 17.5 Å². The molecule has 0 radical (unpaired) electrons. The highest BCUT2D eigenvalue weighted by Gasteiger charge is 2.26. The summed E-state index contributed by atoms with van der Waals surface area (Å²) in [4.78, 5) is 16.5. The maximum absolute atomic E-state index is 14.6. The molecule has 2 aromatic carbocycles.